The number of rotatable bonds is 10. The molecule has 0 spiro atoms. The number of piperidine rings is 1. The summed E-state index contributed by atoms with van der Waals surface area (Å²) in [5.74, 6) is 0.841. The van der Waals surface area contributed by atoms with Gasteiger partial charge in [-0.15, -0.1) is 0 Å². The first kappa shape index (κ1) is 18.9. The molecule has 0 radical (unpaired) electrons. The first-order chi connectivity index (χ1) is 9.95. The average molecular weight is 320 g/mol. The minimum Gasteiger partial charge on any atom is -0.396 e. The van der Waals surface area contributed by atoms with Crippen molar-refractivity contribution in [1.29, 1.82) is 0 Å². The van der Waals surface area contributed by atoms with Crippen LogP contribution in [0, 0.1) is 11.8 Å². The fraction of sp³-hybridized carbons (Fsp3) is 1.00. The first-order valence-corrected chi connectivity index (χ1v) is 9.75. The van der Waals surface area contributed by atoms with Crippen molar-refractivity contribution in [1.82, 2.24) is 9.03 Å². The van der Waals surface area contributed by atoms with Gasteiger partial charge in [-0.25, -0.2) is 4.72 Å². The molecule has 126 valence electrons. The largest absolute Gasteiger partial charge is 0.396 e. The second-order valence-corrected chi connectivity index (χ2v) is 8.30. The van der Waals surface area contributed by atoms with E-state index in [-0.39, 0.29) is 12.5 Å². The zero-order valence-corrected chi connectivity index (χ0v) is 14.4. The van der Waals surface area contributed by atoms with Crippen molar-refractivity contribution in [3.63, 3.8) is 0 Å². The third-order valence-corrected chi connectivity index (χ3v) is 5.65. The van der Waals surface area contributed by atoms with Gasteiger partial charge in [0.15, 0.2) is 0 Å². The summed E-state index contributed by atoms with van der Waals surface area (Å²) in [5.41, 5.74) is 0. The molecule has 0 bridgehead atoms. The maximum atomic E-state index is 12.2. The van der Waals surface area contributed by atoms with Crippen molar-refractivity contribution in [3.05, 3.63) is 0 Å². The molecule has 6 heteroatoms. The van der Waals surface area contributed by atoms with Gasteiger partial charge in [-0.3, -0.25) is 0 Å². The van der Waals surface area contributed by atoms with Gasteiger partial charge in [-0.05, 0) is 31.1 Å². The number of hydrogen-bond donors (Lipinski definition) is 2. The van der Waals surface area contributed by atoms with Gasteiger partial charge in [0.2, 0.25) is 0 Å². The number of nitrogens with zero attached hydrogens (tertiary/aromatic N) is 1. The standard InChI is InChI=1S/C15H32N2O3S/c1-14(2)8-5-3-4-6-10-16-21(19,20)17-11-7-9-15(12-17)13-18/h14-16,18H,3-13H2,1-2H3. The molecule has 1 aliphatic heterocycles. The van der Waals surface area contributed by atoms with Crippen LogP contribution in [0.25, 0.3) is 0 Å². The molecule has 1 fully saturated rings. The lowest BCUT2D eigenvalue weighted by Gasteiger charge is -2.30. The van der Waals surface area contributed by atoms with Crippen molar-refractivity contribution in [2.75, 3.05) is 26.2 Å². The number of hydrogen-bond acceptors (Lipinski definition) is 3. The third-order valence-electron chi connectivity index (χ3n) is 4.07. The average Bonchev–Trinajstić information content (AvgIpc) is 2.46. The second-order valence-electron chi connectivity index (χ2n) is 6.54. The molecule has 2 N–H and O–H groups in total. The number of unbranched alkanes of at least 4 members (excludes halogenated alkanes) is 3. The van der Waals surface area contributed by atoms with Crippen LogP contribution in [-0.2, 0) is 10.2 Å². The Morgan fingerprint density at radius 1 is 1.24 bits per heavy atom. The molecular formula is C15H32N2O3S. The molecule has 21 heavy (non-hydrogen) atoms. The van der Waals surface area contributed by atoms with Gasteiger partial charge in [0.25, 0.3) is 10.2 Å². The Kier molecular flexibility index (Phi) is 8.78. The molecule has 0 saturated carbocycles. The van der Waals surface area contributed by atoms with E-state index in [2.05, 4.69) is 18.6 Å². The summed E-state index contributed by atoms with van der Waals surface area (Å²) in [4.78, 5) is 0. The molecule has 0 aliphatic carbocycles. The van der Waals surface area contributed by atoms with Crippen LogP contribution in [0.1, 0.15) is 58.8 Å². The molecule has 0 amide bonds. The van der Waals surface area contributed by atoms with Crippen molar-refractivity contribution in [2.24, 2.45) is 11.8 Å². The van der Waals surface area contributed by atoms with Crippen LogP contribution < -0.4 is 4.72 Å². The SMILES string of the molecule is CC(C)CCCCCCNS(=O)(=O)N1CCCC(CO)C1. The summed E-state index contributed by atoms with van der Waals surface area (Å²) in [6.45, 7) is 6.06. The second kappa shape index (κ2) is 9.77. The van der Waals surface area contributed by atoms with E-state index in [4.69, 9.17) is 5.11 Å². The summed E-state index contributed by atoms with van der Waals surface area (Å²) < 4.78 is 28.5. The lowest BCUT2D eigenvalue weighted by Crippen LogP contribution is -2.46. The highest BCUT2D eigenvalue weighted by atomic mass is 32.2. The van der Waals surface area contributed by atoms with Gasteiger partial charge in [0, 0.05) is 26.2 Å². The lowest BCUT2D eigenvalue weighted by atomic mass is 10.0. The summed E-state index contributed by atoms with van der Waals surface area (Å²) >= 11 is 0. The van der Waals surface area contributed by atoms with Gasteiger partial charge < -0.3 is 5.11 Å². The first-order valence-electron chi connectivity index (χ1n) is 8.31. The van der Waals surface area contributed by atoms with E-state index < -0.39 is 10.2 Å². The summed E-state index contributed by atoms with van der Waals surface area (Å²) in [6, 6.07) is 0. The van der Waals surface area contributed by atoms with E-state index in [0.29, 0.717) is 19.6 Å². The maximum absolute atomic E-state index is 12.2. The predicted octanol–water partition coefficient (Wildman–Crippen LogP) is 2.13. The Hall–Kier alpha value is -0.170. The normalized spacial score (nSPS) is 21.0. The molecule has 1 rings (SSSR count). The van der Waals surface area contributed by atoms with Gasteiger partial charge in [0.05, 0.1) is 0 Å². The van der Waals surface area contributed by atoms with E-state index in [1.165, 1.54) is 23.6 Å². The number of aliphatic hydroxyl groups excluding tert-OH is 1. The van der Waals surface area contributed by atoms with Gasteiger partial charge in [-0.1, -0.05) is 39.5 Å². The van der Waals surface area contributed by atoms with Crippen LogP contribution in [0.4, 0.5) is 0 Å². The van der Waals surface area contributed by atoms with Gasteiger partial charge in [-0.2, -0.15) is 12.7 Å². The number of nitrogens with one attached hydrogen (secondary N) is 1. The molecule has 1 unspecified atom stereocenters. The highest BCUT2D eigenvalue weighted by molar-refractivity contribution is 7.87. The third kappa shape index (κ3) is 7.58. The highest BCUT2D eigenvalue weighted by Crippen LogP contribution is 2.18. The van der Waals surface area contributed by atoms with E-state index in [1.807, 2.05) is 0 Å². The van der Waals surface area contributed by atoms with E-state index in [0.717, 1.165) is 31.6 Å². The van der Waals surface area contributed by atoms with Gasteiger partial charge in [0.1, 0.15) is 0 Å². The van der Waals surface area contributed by atoms with Crippen LogP contribution in [0.15, 0.2) is 0 Å². The van der Waals surface area contributed by atoms with Crippen molar-refractivity contribution < 1.29 is 13.5 Å². The molecule has 1 atom stereocenters. The fourth-order valence-corrected chi connectivity index (χ4v) is 4.08. The number of aliphatic hydroxyl groups is 1. The summed E-state index contributed by atoms with van der Waals surface area (Å²) in [7, 11) is -3.36. The monoisotopic (exact) mass is 320 g/mol. The Morgan fingerprint density at radius 3 is 2.62 bits per heavy atom. The van der Waals surface area contributed by atoms with Crippen LogP contribution in [0.5, 0.6) is 0 Å². The van der Waals surface area contributed by atoms with Crippen molar-refractivity contribution in [2.45, 2.75) is 58.8 Å². The topological polar surface area (TPSA) is 69.6 Å². The molecular weight excluding hydrogens is 288 g/mol. The fourth-order valence-electron chi connectivity index (χ4n) is 2.72. The Morgan fingerprint density at radius 2 is 1.95 bits per heavy atom. The maximum Gasteiger partial charge on any atom is 0.279 e. The Bertz CT molecular complexity index is 371. The van der Waals surface area contributed by atoms with E-state index >= 15 is 0 Å². The van der Waals surface area contributed by atoms with Crippen LogP contribution in [0.2, 0.25) is 0 Å². The highest BCUT2D eigenvalue weighted by Gasteiger charge is 2.27. The summed E-state index contributed by atoms with van der Waals surface area (Å²) in [6.07, 6.45) is 7.38. The molecule has 1 aliphatic rings. The molecule has 0 aromatic heterocycles. The quantitative estimate of drug-likeness (QED) is 0.606. The Balaban J connectivity index is 2.18. The zero-order valence-electron chi connectivity index (χ0n) is 13.6. The van der Waals surface area contributed by atoms with Gasteiger partial charge >= 0.3 is 0 Å². The van der Waals surface area contributed by atoms with Crippen molar-refractivity contribution in [3.8, 4) is 0 Å². The smallest absolute Gasteiger partial charge is 0.279 e. The molecule has 0 aromatic rings. The molecule has 0 aromatic carbocycles. The van der Waals surface area contributed by atoms with Crippen LogP contribution in [0.3, 0.4) is 0 Å². The molecule has 1 saturated heterocycles. The van der Waals surface area contributed by atoms with Crippen LogP contribution in [-0.4, -0.2) is 44.1 Å². The summed E-state index contributed by atoms with van der Waals surface area (Å²) in [5, 5.41) is 9.17. The minimum absolute atomic E-state index is 0.0713. The van der Waals surface area contributed by atoms with E-state index in [1.54, 1.807) is 0 Å². The van der Waals surface area contributed by atoms with Crippen LogP contribution >= 0.6 is 0 Å². The lowest BCUT2D eigenvalue weighted by molar-refractivity contribution is 0.165. The minimum atomic E-state index is -3.36. The molecule has 5 nitrogen and oxygen atoms in total. The van der Waals surface area contributed by atoms with Crippen molar-refractivity contribution >= 4 is 10.2 Å². The zero-order chi connectivity index (χ0) is 15.7. The predicted molar refractivity (Wildman–Crippen MR) is 86.2 cm³/mol. The molecule has 1 heterocycles. The Labute approximate surface area is 130 Å². The van der Waals surface area contributed by atoms with E-state index in [9.17, 15) is 8.42 Å².